The minimum atomic E-state index is 0.173. The molecule has 1 aliphatic heterocycles. The number of rotatable bonds is 4. The Hall–Kier alpha value is -2.27. The van der Waals surface area contributed by atoms with Gasteiger partial charge in [0.15, 0.2) is 5.96 Å². The molecular formula is C17H22N4O. The van der Waals surface area contributed by atoms with Crippen LogP contribution in [0.2, 0.25) is 0 Å². The second-order valence-electron chi connectivity index (χ2n) is 5.54. The molecule has 0 unspecified atom stereocenters. The third kappa shape index (κ3) is 3.31. The maximum absolute atomic E-state index is 7.44. The number of fused-ring (bicyclic) bond motifs is 1. The zero-order valence-electron chi connectivity index (χ0n) is 12.7. The fraction of sp³-hybridized carbons (Fsp3) is 0.353. The molecule has 1 saturated heterocycles. The minimum Gasteiger partial charge on any atom is -0.492 e. The van der Waals surface area contributed by atoms with Crippen LogP contribution in [0.5, 0.6) is 5.75 Å². The molecule has 0 bridgehead atoms. The van der Waals surface area contributed by atoms with Gasteiger partial charge in [-0.05, 0) is 11.5 Å². The van der Waals surface area contributed by atoms with Crippen molar-refractivity contribution < 1.29 is 4.74 Å². The number of nitrogens with one attached hydrogen (secondary N) is 1. The van der Waals surface area contributed by atoms with Gasteiger partial charge >= 0.3 is 0 Å². The van der Waals surface area contributed by atoms with Crippen molar-refractivity contribution in [3.63, 3.8) is 0 Å². The van der Waals surface area contributed by atoms with Crippen molar-refractivity contribution in [1.29, 1.82) is 5.41 Å². The lowest BCUT2D eigenvalue weighted by Gasteiger charge is -2.34. The normalized spacial score (nSPS) is 15.9. The molecule has 0 spiro atoms. The molecule has 0 amide bonds. The second-order valence-corrected chi connectivity index (χ2v) is 5.54. The minimum absolute atomic E-state index is 0.173. The first-order valence-electron chi connectivity index (χ1n) is 7.66. The lowest BCUT2D eigenvalue weighted by Crippen LogP contribution is -2.51. The van der Waals surface area contributed by atoms with E-state index in [9.17, 15) is 0 Å². The molecule has 0 aromatic heterocycles. The van der Waals surface area contributed by atoms with E-state index in [1.807, 2.05) is 29.2 Å². The number of nitrogens with two attached hydrogens (primary N) is 1. The molecule has 1 fully saturated rings. The molecule has 116 valence electrons. The first kappa shape index (κ1) is 14.7. The van der Waals surface area contributed by atoms with E-state index in [1.54, 1.807) is 0 Å². The lowest BCUT2D eigenvalue weighted by molar-refractivity contribution is 0.153. The van der Waals surface area contributed by atoms with Crippen molar-refractivity contribution in [2.24, 2.45) is 5.73 Å². The number of benzene rings is 2. The van der Waals surface area contributed by atoms with Gasteiger partial charge in [0.05, 0.1) is 0 Å². The zero-order valence-corrected chi connectivity index (χ0v) is 12.7. The molecule has 1 aliphatic rings. The highest BCUT2D eigenvalue weighted by Gasteiger charge is 2.17. The van der Waals surface area contributed by atoms with Crippen molar-refractivity contribution in [2.45, 2.75) is 0 Å². The number of hydrogen-bond acceptors (Lipinski definition) is 3. The van der Waals surface area contributed by atoms with E-state index in [2.05, 4.69) is 23.1 Å². The second kappa shape index (κ2) is 6.66. The van der Waals surface area contributed by atoms with Crippen LogP contribution in [0.4, 0.5) is 0 Å². The van der Waals surface area contributed by atoms with Crippen LogP contribution >= 0.6 is 0 Å². The Balaban J connectivity index is 1.52. The first-order valence-corrected chi connectivity index (χ1v) is 7.66. The summed E-state index contributed by atoms with van der Waals surface area (Å²) in [4.78, 5) is 4.26. The molecule has 3 N–H and O–H groups in total. The van der Waals surface area contributed by atoms with Gasteiger partial charge in [-0.1, -0.05) is 36.4 Å². The van der Waals surface area contributed by atoms with Crippen LogP contribution in [0.15, 0.2) is 42.5 Å². The number of piperazine rings is 1. The number of ether oxygens (including phenoxy) is 1. The van der Waals surface area contributed by atoms with Crippen molar-refractivity contribution in [3.8, 4) is 5.75 Å². The summed E-state index contributed by atoms with van der Waals surface area (Å²) < 4.78 is 5.97. The van der Waals surface area contributed by atoms with Crippen LogP contribution in [-0.4, -0.2) is 55.1 Å². The standard InChI is InChI=1S/C17H22N4O/c18-17(19)21-10-8-20(9-11-21)12-13-22-16-7-3-5-14-4-1-2-6-15(14)16/h1-7H,8-13H2,(H3,18,19). The fourth-order valence-corrected chi connectivity index (χ4v) is 2.82. The molecule has 5 heteroatoms. The van der Waals surface area contributed by atoms with Crippen LogP contribution in [0, 0.1) is 5.41 Å². The van der Waals surface area contributed by atoms with Gasteiger partial charge in [0.1, 0.15) is 12.4 Å². The highest BCUT2D eigenvalue weighted by atomic mass is 16.5. The van der Waals surface area contributed by atoms with E-state index in [0.717, 1.165) is 43.9 Å². The number of hydrogen-bond donors (Lipinski definition) is 2. The summed E-state index contributed by atoms with van der Waals surface area (Å²) in [5, 5.41) is 9.80. The van der Waals surface area contributed by atoms with Crippen molar-refractivity contribution in [2.75, 3.05) is 39.3 Å². The van der Waals surface area contributed by atoms with Crippen LogP contribution in [0.3, 0.4) is 0 Å². The maximum atomic E-state index is 7.44. The van der Waals surface area contributed by atoms with E-state index in [1.165, 1.54) is 5.39 Å². The zero-order chi connectivity index (χ0) is 15.4. The molecular weight excluding hydrogens is 276 g/mol. The summed E-state index contributed by atoms with van der Waals surface area (Å²) in [7, 11) is 0. The van der Waals surface area contributed by atoms with Crippen LogP contribution in [-0.2, 0) is 0 Å². The monoisotopic (exact) mass is 298 g/mol. The molecule has 2 aromatic rings. The third-order valence-electron chi connectivity index (χ3n) is 4.13. The summed E-state index contributed by atoms with van der Waals surface area (Å²) in [5.41, 5.74) is 5.51. The molecule has 0 saturated carbocycles. The Morgan fingerprint density at radius 1 is 1.05 bits per heavy atom. The predicted molar refractivity (Wildman–Crippen MR) is 89.4 cm³/mol. The van der Waals surface area contributed by atoms with Gasteiger partial charge in [-0.2, -0.15) is 0 Å². The summed E-state index contributed by atoms with van der Waals surface area (Å²) in [6, 6.07) is 14.4. The summed E-state index contributed by atoms with van der Waals surface area (Å²) in [5.74, 6) is 1.12. The molecule has 1 heterocycles. The Morgan fingerprint density at radius 2 is 1.77 bits per heavy atom. The average molecular weight is 298 g/mol. The van der Waals surface area contributed by atoms with Crippen molar-refractivity contribution in [1.82, 2.24) is 9.80 Å². The Labute approximate surface area is 130 Å². The van der Waals surface area contributed by atoms with E-state index in [-0.39, 0.29) is 5.96 Å². The van der Waals surface area contributed by atoms with Gasteiger partial charge in [-0.3, -0.25) is 10.3 Å². The molecule has 0 atom stereocenters. The molecule has 5 nitrogen and oxygen atoms in total. The summed E-state index contributed by atoms with van der Waals surface area (Å²) in [6.07, 6.45) is 0. The van der Waals surface area contributed by atoms with E-state index >= 15 is 0 Å². The van der Waals surface area contributed by atoms with Crippen LogP contribution < -0.4 is 10.5 Å². The quantitative estimate of drug-likeness (QED) is 0.666. The van der Waals surface area contributed by atoms with Gasteiger partial charge in [0.2, 0.25) is 0 Å². The topological polar surface area (TPSA) is 65.6 Å². The van der Waals surface area contributed by atoms with Gasteiger partial charge in [0.25, 0.3) is 0 Å². The van der Waals surface area contributed by atoms with Crippen molar-refractivity contribution in [3.05, 3.63) is 42.5 Å². The highest BCUT2D eigenvalue weighted by molar-refractivity contribution is 5.88. The molecule has 22 heavy (non-hydrogen) atoms. The average Bonchev–Trinajstić information content (AvgIpc) is 2.55. The van der Waals surface area contributed by atoms with E-state index in [4.69, 9.17) is 15.9 Å². The number of nitrogens with zero attached hydrogens (tertiary/aromatic N) is 2. The maximum Gasteiger partial charge on any atom is 0.188 e. The van der Waals surface area contributed by atoms with Crippen LogP contribution in [0.25, 0.3) is 10.8 Å². The smallest absolute Gasteiger partial charge is 0.188 e. The van der Waals surface area contributed by atoms with Gasteiger partial charge in [0, 0.05) is 38.1 Å². The fourth-order valence-electron chi connectivity index (χ4n) is 2.82. The lowest BCUT2D eigenvalue weighted by atomic mass is 10.1. The highest BCUT2D eigenvalue weighted by Crippen LogP contribution is 2.24. The van der Waals surface area contributed by atoms with E-state index in [0.29, 0.717) is 6.61 Å². The van der Waals surface area contributed by atoms with Gasteiger partial charge < -0.3 is 15.4 Å². The summed E-state index contributed by atoms with van der Waals surface area (Å²) in [6.45, 7) is 5.08. The largest absolute Gasteiger partial charge is 0.492 e. The first-order chi connectivity index (χ1) is 10.7. The third-order valence-corrected chi connectivity index (χ3v) is 4.13. The molecule has 0 aliphatic carbocycles. The SMILES string of the molecule is N=C(N)N1CCN(CCOc2cccc3ccccc23)CC1. The summed E-state index contributed by atoms with van der Waals surface area (Å²) >= 11 is 0. The molecule has 2 aromatic carbocycles. The molecule has 0 radical (unpaired) electrons. The van der Waals surface area contributed by atoms with Crippen molar-refractivity contribution >= 4 is 16.7 Å². The Bertz CT molecular complexity index is 645. The number of guanidine groups is 1. The predicted octanol–water partition coefficient (Wildman–Crippen LogP) is 1.73. The van der Waals surface area contributed by atoms with Gasteiger partial charge in [-0.15, -0.1) is 0 Å². The Kier molecular flexibility index (Phi) is 4.44. The van der Waals surface area contributed by atoms with Gasteiger partial charge in [-0.25, -0.2) is 0 Å². The van der Waals surface area contributed by atoms with Crippen LogP contribution in [0.1, 0.15) is 0 Å². The molecule has 3 rings (SSSR count). The van der Waals surface area contributed by atoms with E-state index < -0.39 is 0 Å². The Morgan fingerprint density at radius 3 is 2.55 bits per heavy atom.